The zero-order valence-electron chi connectivity index (χ0n) is 10.4. The summed E-state index contributed by atoms with van der Waals surface area (Å²) >= 11 is 0. The Morgan fingerprint density at radius 3 is 2.43 bits per heavy atom. The lowest BCUT2D eigenvalue weighted by Crippen LogP contribution is -2.46. The Balaban J connectivity index is 2.42. The molecule has 0 aromatic carbocycles. The van der Waals surface area contributed by atoms with Crippen molar-refractivity contribution in [3.63, 3.8) is 0 Å². The summed E-state index contributed by atoms with van der Waals surface area (Å²) in [6, 6.07) is 1.27. The minimum absolute atomic E-state index is 0.528. The standard InChI is InChI=1S/C12H26N2/c1-6-13-10(2)11(3)14-8-7-12(4,5)9-14/h10-11,13H,6-9H2,1-5H3. The fraction of sp³-hybridized carbons (Fsp3) is 1.00. The second-order valence-corrected chi connectivity index (χ2v) is 5.47. The SMILES string of the molecule is CCNC(C)C(C)N1CCC(C)(C)C1. The lowest BCUT2D eigenvalue weighted by molar-refractivity contribution is 0.195. The third-order valence-corrected chi connectivity index (χ3v) is 3.53. The summed E-state index contributed by atoms with van der Waals surface area (Å²) in [4.78, 5) is 2.62. The smallest absolute Gasteiger partial charge is 0.0218 e. The van der Waals surface area contributed by atoms with Crippen LogP contribution in [0.2, 0.25) is 0 Å². The van der Waals surface area contributed by atoms with Crippen molar-refractivity contribution in [3.05, 3.63) is 0 Å². The molecule has 1 fully saturated rings. The molecule has 1 saturated heterocycles. The van der Waals surface area contributed by atoms with E-state index in [2.05, 4.69) is 44.8 Å². The first kappa shape index (κ1) is 12.0. The first-order chi connectivity index (χ1) is 6.46. The van der Waals surface area contributed by atoms with Gasteiger partial charge in [0.2, 0.25) is 0 Å². The highest BCUT2D eigenvalue weighted by Gasteiger charge is 2.32. The molecule has 0 aliphatic carbocycles. The zero-order chi connectivity index (χ0) is 10.8. The highest BCUT2D eigenvalue weighted by atomic mass is 15.2. The number of likely N-dealkylation sites (N-methyl/N-ethyl adjacent to an activating group) is 1. The van der Waals surface area contributed by atoms with Gasteiger partial charge in [0.25, 0.3) is 0 Å². The van der Waals surface area contributed by atoms with E-state index in [9.17, 15) is 0 Å². The van der Waals surface area contributed by atoms with Crippen LogP contribution in [0.15, 0.2) is 0 Å². The molecule has 1 aliphatic rings. The Labute approximate surface area is 89.1 Å². The van der Waals surface area contributed by atoms with E-state index in [0.29, 0.717) is 17.5 Å². The molecule has 1 N–H and O–H groups in total. The quantitative estimate of drug-likeness (QED) is 0.744. The highest BCUT2D eigenvalue weighted by molar-refractivity contribution is 4.88. The molecule has 0 aromatic heterocycles. The van der Waals surface area contributed by atoms with Gasteiger partial charge in [-0.05, 0) is 38.8 Å². The monoisotopic (exact) mass is 198 g/mol. The van der Waals surface area contributed by atoms with Crippen molar-refractivity contribution in [2.75, 3.05) is 19.6 Å². The summed E-state index contributed by atoms with van der Waals surface area (Å²) in [6.07, 6.45) is 1.34. The molecule has 0 bridgehead atoms. The van der Waals surface area contributed by atoms with E-state index in [1.165, 1.54) is 19.5 Å². The van der Waals surface area contributed by atoms with Crippen molar-refractivity contribution in [2.24, 2.45) is 5.41 Å². The molecule has 0 radical (unpaired) electrons. The molecule has 2 heteroatoms. The third kappa shape index (κ3) is 2.96. The summed E-state index contributed by atoms with van der Waals surface area (Å²) in [5, 5.41) is 3.51. The van der Waals surface area contributed by atoms with E-state index in [1.807, 2.05) is 0 Å². The molecule has 1 heterocycles. The predicted octanol–water partition coefficient (Wildman–Crippen LogP) is 2.10. The van der Waals surface area contributed by atoms with E-state index in [1.54, 1.807) is 0 Å². The maximum atomic E-state index is 3.51. The molecule has 0 aromatic rings. The summed E-state index contributed by atoms with van der Waals surface area (Å²) < 4.78 is 0. The molecule has 2 nitrogen and oxygen atoms in total. The van der Waals surface area contributed by atoms with Gasteiger partial charge in [0.05, 0.1) is 0 Å². The Morgan fingerprint density at radius 1 is 1.36 bits per heavy atom. The number of nitrogens with zero attached hydrogens (tertiary/aromatic N) is 1. The topological polar surface area (TPSA) is 15.3 Å². The van der Waals surface area contributed by atoms with Gasteiger partial charge in [-0.1, -0.05) is 20.8 Å². The van der Waals surface area contributed by atoms with Gasteiger partial charge in [0.1, 0.15) is 0 Å². The van der Waals surface area contributed by atoms with Crippen LogP contribution in [0.5, 0.6) is 0 Å². The largest absolute Gasteiger partial charge is 0.313 e. The van der Waals surface area contributed by atoms with Crippen LogP contribution >= 0.6 is 0 Å². The fourth-order valence-corrected chi connectivity index (χ4v) is 2.31. The Morgan fingerprint density at radius 2 is 2.00 bits per heavy atom. The molecule has 2 atom stereocenters. The molecule has 2 unspecified atom stereocenters. The van der Waals surface area contributed by atoms with Gasteiger partial charge in [0.15, 0.2) is 0 Å². The predicted molar refractivity (Wildman–Crippen MR) is 62.6 cm³/mol. The van der Waals surface area contributed by atoms with E-state index in [-0.39, 0.29) is 0 Å². The van der Waals surface area contributed by atoms with Crippen LogP contribution in [0.25, 0.3) is 0 Å². The van der Waals surface area contributed by atoms with Gasteiger partial charge < -0.3 is 5.32 Å². The van der Waals surface area contributed by atoms with Crippen LogP contribution < -0.4 is 5.32 Å². The minimum Gasteiger partial charge on any atom is -0.313 e. The van der Waals surface area contributed by atoms with Gasteiger partial charge in [-0.25, -0.2) is 0 Å². The van der Waals surface area contributed by atoms with Gasteiger partial charge in [-0.3, -0.25) is 4.90 Å². The number of hydrogen-bond acceptors (Lipinski definition) is 2. The minimum atomic E-state index is 0.528. The first-order valence-corrected chi connectivity index (χ1v) is 5.94. The lowest BCUT2D eigenvalue weighted by atomic mass is 9.93. The lowest BCUT2D eigenvalue weighted by Gasteiger charge is -2.31. The maximum Gasteiger partial charge on any atom is 0.0218 e. The van der Waals surface area contributed by atoms with Gasteiger partial charge in [-0.15, -0.1) is 0 Å². The van der Waals surface area contributed by atoms with Crippen LogP contribution in [0.4, 0.5) is 0 Å². The van der Waals surface area contributed by atoms with E-state index < -0.39 is 0 Å². The van der Waals surface area contributed by atoms with Gasteiger partial charge in [0, 0.05) is 18.6 Å². The van der Waals surface area contributed by atoms with Crippen LogP contribution in [-0.4, -0.2) is 36.6 Å². The number of hydrogen-bond donors (Lipinski definition) is 1. The highest BCUT2D eigenvalue weighted by Crippen LogP contribution is 2.30. The normalized spacial score (nSPS) is 26.4. The molecule has 84 valence electrons. The zero-order valence-corrected chi connectivity index (χ0v) is 10.4. The molecule has 1 aliphatic heterocycles. The maximum absolute atomic E-state index is 3.51. The summed E-state index contributed by atoms with van der Waals surface area (Å²) in [6.45, 7) is 15.1. The summed E-state index contributed by atoms with van der Waals surface area (Å²) in [5.41, 5.74) is 0.528. The van der Waals surface area contributed by atoms with Crippen molar-refractivity contribution >= 4 is 0 Å². The van der Waals surface area contributed by atoms with E-state index in [4.69, 9.17) is 0 Å². The Hall–Kier alpha value is -0.0800. The molecular weight excluding hydrogens is 172 g/mol. The van der Waals surface area contributed by atoms with E-state index >= 15 is 0 Å². The van der Waals surface area contributed by atoms with Crippen molar-refractivity contribution in [1.82, 2.24) is 10.2 Å². The summed E-state index contributed by atoms with van der Waals surface area (Å²) in [5.74, 6) is 0. The summed E-state index contributed by atoms with van der Waals surface area (Å²) in [7, 11) is 0. The molecule has 0 amide bonds. The van der Waals surface area contributed by atoms with Crippen LogP contribution in [0.1, 0.15) is 41.0 Å². The van der Waals surface area contributed by atoms with Crippen molar-refractivity contribution in [3.8, 4) is 0 Å². The van der Waals surface area contributed by atoms with Crippen molar-refractivity contribution in [1.29, 1.82) is 0 Å². The third-order valence-electron chi connectivity index (χ3n) is 3.53. The molecule has 0 spiro atoms. The first-order valence-electron chi connectivity index (χ1n) is 5.94. The second kappa shape index (κ2) is 4.63. The molecule has 1 rings (SSSR count). The van der Waals surface area contributed by atoms with Crippen LogP contribution in [0, 0.1) is 5.41 Å². The number of nitrogens with one attached hydrogen (secondary N) is 1. The Kier molecular flexibility index (Phi) is 3.96. The Bertz CT molecular complexity index is 177. The molecule has 0 saturated carbocycles. The second-order valence-electron chi connectivity index (χ2n) is 5.47. The fourth-order valence-electron chi connectivity index (χ4n) is 2.31. The van der Waals surface area contributed by atoms with Crippen molar-refractivity contribution in [2.45, 2.75) is 53.1 Å². The van der Waals surface area contributed by atoms with Crippen LogP contribution in [0.3, 0.4) is 0 Å². The molecule has 14 heavy (non-hydrogen) atoms. The number of rotatable bonds is 4. The molecular formula is C12H26N2. The van der Waals surface area contributed by atoms with Gasteiger partial charge in [-0.2, -0.15) is 0 Å². The van der Waals surface area contributed by atoms with E-state index in [0.717, 1.165) is 6.54 Å². The average Bonchev–Trinajstić information content (AvgIpc) is 2.45. The average molecular weight is 198 g/mol. The van der Waals surface area contributed by atoms with Crippen molar-refractivity contribution < 1.29 is 0 Å². The number of likely N-dealkylation sites (tertiary alicyclic amines) is 1. The van der Waals surface area contributed by atoms with Crippen LogP contribution in [-0.2, 0) is 0 Å². The van der Waals surface area contributed by atoms with Gasteiger partial charge >= 0.3 is 0 Å².